The molecular formula is C24H30FN5O3. The predicted molar refractivity (Wildman–Crippen MR) is 122 cm³/mol. The summed E-state index contributed by atoms with van der Waals surface area (Å²) in [5, 5.41) is 7.81. The average Bonchev–Trinajstić information content (AvgIpc) is 3.31. The van der Waals surface area contributed by atoms with Crippen molar-refractivity contribution in [1.82, 2.24) is 25.8 Å². The lowest BCUT2D eigenvalue weighted by atomic mass is 9.99. The minimum atomic E-state index is -0.671. The van der Waals surface area contributed by atoms with Crippen molar-refractivity contribution in [3.8, 4) is 0 Å². The summed E-state index contributed by atoms with van der Waals surface area (Å²) in [6.45, 7) is 4.01. The van der Waals surface area contributed by atoms with Crippen molar-refractivity contribution < 1.29 is 18.8 Å². The van der Waals surface area contributed by atoms with Gasteiger partial charge in [0.15, 0.2) is 0 Å². The number of amides is 4. The van der Waals surface area contributed by atoms with E-state index in [1.54, 1.807) is 12.1 Å². The normalized spacial score (nSPS) is 16.4. The molecule has 1 fully saturated rings. The van der Waals surface area contributed by atoms with Gasteiger partial charge in [-0.05, 0) is 30.4 Å². The van der Waals surface area contributed by atoms with Gasteiger partial charge in [0.1, 0.15) is 6.04 Å². The van der Waals surface area contributed by atoms with E-state index >= 15 is 0 Å². The fourth-order valence-electron chi connectivity index (χ4n) is 3.95. The Morgan fingerprint density at radius 1 is 1.15 bits per heavy atom. The van der Waals surface area contributed by atoms with Gasteiger partial charge in [-0.2, -0.15) is 4.39 Å². The van der Waals surface area contributed by atoms with Crippen LogP contribution in [0.5, 0.6) is 0 Å². The number of rotatable bonds is 7. The number of nitrogens with one attached hydrogen (secondary N) is 3. The van der Waals surface area contributed by atoms with Crippen molar-refractivity contribution in [1.29, 1.82) is 0 Å². The standard InChI is InChI=1S/C24H30FN5O3/c1-15(2)17-11-12-18(28-22(17)25)21(16-8-5-4-6-9-16)29-23(32)19-10-7-13-30(19)20(31)14-27-24(33)26-3/h4-6,8-9,11-12,15,19,21H,7,10,13-14H2,1-3H3,(H,29,32)(H2,26,27,33)/t19-,21-/m0/s1. The highest BCUT2D eigenvalue weighted by molar-refractivity contribution is 5.90. The number of halogens is 1. The summed E-state index contributed by atoms with van der Waals surface area (Å²) in [7, 11) is 1.46. The number of likely N-dealkylation sites (tertiary alicyclic amines) is 1. The molecule has 0 unspecified atom stereocenters. The molecule has 2 heterocycles. The number of nitrogens with zero attached hydrogens (tertiary/aromatic N) is 2. The molecular weight excluding hydrogens is 425 g/mol. The van der Waals surface area contributed by atoms with Gasteiger partial charge in [-0.1, -0.05) is 50.2 Å². The molecule has 2 aromatic rings. The molecule has 1 saturated heterocycles. The van der Waals surface area contributed by atoms with E-state index in [9.17, 15) is 18.8 Å². The Bertz CT molecular complexity index is 999. The lowest BCUT2D eigenvalue weighted by molar-refractivity contribution is -0.137. The van der Waals surface area contributed by atoms with E-state index in [4.69, 9.17) is 0 Å². The Morgan fingerprint density at radius 3 is 2.52 bits per heavy atom. The van der Waals surface area contributed by atoms with Crippen molar-refractivity contribution >= 4 is 17.8 Å². The quantitative estimate of drug-likeness (QED) is 0.558. The largest absolute Gasteiger partial charge is 0.342 e. The zero-order valence-electron chi connectivity index (χ0n) is 19.1. The lowest BCUT2D eigenvalue weighted by Crippen LogP contribution is -2.50. The van der Waals surface area contributed by atoms with Crippen molar-refractivity contribution in [2.45, 2.75) is 44.7 Å². The molecule has 176 valence electrons. The van der Waals surface area contributed by atoms with Gasteiger partial charge in [-0.15, -0.1) is 0 Å². The van der Waals surface area contributed by atoms with Crippen molar-refractivity contribution in [3.63, 3.8) is 0 Å². The van der Waals surface area contributed by atoms with Crippen molar-refractivity contribution in [3.05, 3.63) is 65.2 Å². The number of carbonyl (C=O) groups is 3. The molecule has 0 spiro atoms. The Kier molecular flexibility index (Phi) is 7.97. The molecule has 1 aromatic carbocycles. The molecule has 33 heavy (non-hydrogen) atoms. The number of hydrogen-bond acceptors (Lipinski definition) is 4. The molecule has 4 amide bonds. The second-order valence-electron chi connectivity index (χ2n) is 8.30. The highest BCUT2D eigenvalue weighted by Crippen LogP contribution is 2.26. The van der Waals surface area contributed by atoms with Crippen LogP contribution < -0.4 is 16.0 Å². The fraction of sp³-hybridized carbons (Fsp3) is 0.417. The lowest BCUT2D eigenvalue weighted by Gasteiger charge is -2.27. The first-order valence-corrected chi connectivity index (χ1v) is 11.1. The molecule has 8 nitrogen and oxygen atoms in total. The summed E-state index contributed by atoms with van der Waals surface area (Å²) in [4.78, 5) is 42.9. The number of pyridine rings is 1. The van der Waals surface area contributed by atoms with Gasteiger partial charge < -0.3 is 20.9 Å². The molecule has 1 aliphatic rings. The third-order valence-electron chi connectivity index (χ3n) is 5.74. The van der Waals surface area contributed by atoms with Gasteiger partial charge in [0.25, 0.3) is 0 Å². The van der Waals surface area contributed by atoms with Crippen LogP contribution in [0.4, 0.5) is 9.18 Å². The molecule has 9 heteroatoms. The molecule has 1 aromatic heterocycles. The van der Waals surface area contributed by atoms with E-state index in [1.165, 1.54) is 11.9 Å². The maximum Gasteiger partial charge on any atom is 0.314 e. The van der Waals surface area contributed by atoms with Gasteiger partial charge in [0, 0.05) is 19.2 Å². The number of urea groups is 1. The van der Waals surface area contributed by atoms with Crippen LogP contribution in [-0.4, -0.2) is 53.9 Å². The molecule has 0 radical (unpaired) electrons. The smallest absolute Gasteiger partial charge is 0.314 e. The zero-order chi connectivity index (χ0) is 24.0. The highest BCUT2D eigenvalue weighted by atomic mass is 19.1. The van der Waals surface area contributed by atoms with E-state index in [2.05, 4.69) is 20.9 Å². The van der Waals surface area contributed by atoms with Gasteiger partial charge in [0.05, 0.1) is 18.3 Å². The summed E-state index contributed by atoms with van der Waals surface area (Å²) >= 11 is 0. The number of hydrogen-bond donors (Lipinski definition) is 3. The Morgan fingerprint density at radius 2 is 1.88 bits per heavy atom. The van der Waals surface area contributed by atoms with Crippen LogP contribution in [-0.2, 0) is 9.59 Å². The molecule has 3 rings (SSSR count). The van der Waals surface area contributed by atoms with E-state index in [0.29, 0.717) is 30.6 Å². The van der Waals surface area contributed by atoms with Gasteiger partial charge in [-0.25, -0.2) is 9.78 Å². The summed E-state index contributed by atoms with van der Waals surface area (Å²) < 4.78 is 14.6. The van der Waals surface area contributed by atoms with E-state index < -0.39 is 24.1 Å². The Labute approximate surface area is 193 Å². The van der Waals surface area contributed by atoms with Crippen LogP contribution in [0.2, 0.25) is 0 Å². The van der Waals surface area contributed by atoms with Gasteiger partial charge in [0.2, 0.25) is 17.8 Å². The van der Waals surface area contributed by atoms with Crippen LogP contribution in [0.25, 0.3) is 0 Å². The van der Waals surface area contributed by atoms with Crippen LogP contribution in [0.3, 0.4) is 0 Å². The minimum absolute atomic E-state index is 0.0159. The van der Waals surface area contributed by atoms with E-state index in [0.717, 1.165) is 5.56 Å². The molecule has 2 atom stereocenters. The second kappa shape index (κ2) is 10.9. The van der Waals surface area contributed by atoms with E-state index in [-0.39, 0.29) is 24.3 Å². The molecule has 0 saturated carbocycles. The maximum absolute atomic E-state index is 14.6. The summed E-state index contributed by atoms with van der Waals surface area (Å²) in [6, 6.07) is 10.8. The SMILES string of the molecule is CNC(=O)NCC(=O)N1CCC[C@H]1C(=O)N[C@@H](c1ccccc1)c1ccc(C(C)C)c(F)n1. The first-order chi connectivity index (χ1) is 15.8. The first kappa shape index (κ1) is 24.2. The topological polar surface area (TPSA) is 103 Å². The molecule has 3 N–H and O–H groups in total. The predicted octanol–water partition coefficient (Wildman–Crippen LogP) is 2.47. The van der Waals surface area contributed by atoms with E-state index in [1.807, 2.05) is 44.2 Å². The van der Waals surface area contributed by atoms with Crippen LogP contribution in [0.15, 0.2) is 42.5 Å². The zero-order valence-corrected chi connectivity index (χ0v) is 19.1. The average molecular weight is 456 g/mol. The first-order valence-electron chi connectivity index (χ1n) is 11.1. The molecule has 1 aliphatic heterocycles. The maximum atomic E-state index is 14.6. The highest BCUT2D eigenvalue weighted by Gasteiger charge is 2.35. The monoisotopic (exact) mass is 455 g/mol. The number of benzene rings is 1. The Balaban J connectivity index is 1.81. The summed E-state index contributed by atoms with van der Waals surface area (Å²) in [6.07, 6.45) is 1.18. The minimum Gasteiger partial charge on any atom is -0.342 e. The molecule has 0 bridgehead atoms. The summed E-state index contributed by atoms with van der Waals surface area (Å²) in [5.41, 5.74) is 1.65. The van der Waals surface area contributed by atoms with Crippen molar-refractivity contribution in [2.24, 2.45) is 0 Å². The third kappa shape index (κ3) is 5.85. The molecule has 0 aliphatic carbocycles. The van der Waals surface area contributed by atoms with Crippen LogP contribution >= 0.6 is 0 Å². The fourth-order valence-corrected chi connectivity index (χ4v) is 3.95. The number of carbonyl (C=O) groups excluding carboxylic acids is 3. The second-order valence-corrected chi connectivity index (χ2v) is 8.30. The summed E-state index contributed by atoms with van der Waals surface area (Å²) in [5.74, 6) is -1.25. The third-order valence-corrected chi connectivity index (χ3v) is 5.74. The van der Waals surface area contributed by atoms with Crippen LogP contribution in [0.1, 0.15) is 55.5 Å². The van der Waals surface area contributed by atoms with Crippen LogP contribution in [0, 0.1) is 5.95 Å². The van der Waals surface area contributed by atoms with Gasteiger partial charge >= 0.3 is 6.03 Å². The van der Waals surface area contributed by atoms with Gasteiger partial charge in [-0.3, -0.25) is 9.59 Å². The number of aromatic nitrogens is 1. The van der Waals surface area contributed by atoms with Crippen molar-refractivity contribution in [2.75, 3.05) is 20.1 Å². The Hall–Kier alpha value is -3.49.